The predicted molar refractivity (Wildman–Crippen MR) is 77.3 cm³/mol. The molecule has 5 heteroatoms. The molecule has 3 rings (SSSR count). The fourth-order valence-corrected chi connectivity index (χ4v) is 2.92. The highest BCUT2D eigenvalue weighted by molar-refractivity contribution is 7.99. The van der Waals surface area contributed by atoms with Crippen molar-refractivity contribution in [3.8, 4) is 0 Å². The van der Waals surface area contributed by atoms with Crippen molar-refractivity contribution in [1.29, 1.82) is 0 Å². The van der Waals surface area contributed by atoms with Crippen molar-refractivity contribution >= 4 is 28.5 Å². The van der Waals surface area contributed by atoms with Crippen molar-refractivity contribution in [2.45, 2.75) is 9.79 Å². The highest BCUT2D eigenvalue weighted by Crippen LogP contribution is 2.34. The first-order valence-corrected chi connectivity index (χ1v) is 6.57. The third kappa shape index (κ3) is 2.32. The van der Waals surface area contributed by atoms with Crippen LogP contribution in [0.2, 0.25) is 0 Å². The van der Waals surface area contributed by atoms with E-state index < -0.39 is 5.69 Å². The number of nitrogens with zero attached hydrogens (tertiary/aromatic N) is 1. The number of aromatic amines is 1. The van der Waals surface area contributed by atoms with Gasteiger partial charge in [0.1, 0.15) is 5.82 Å². The lowest BCUT2D eigenvalue weighted by molar-refractivity contribution is 1.12. The van der Waals surface area contributed by atoms with Crippen LogP contribution in [0.4, 0.5) is 5.82 Å². The van der Waals surface area contributed by atoms with E-state index in [0.29, 0.717) is 5.52 Å². The van der Waals surface area contributed by atoms with Gasteiger partial charge in [0.2, 0.25) is 0 Å². The highest BCUT2D eigenvalue weighted by Gasteiger charge is 2.08. The summed E-state index contributed by atoms with van der Waals surface area (Å²) < 4.78 is 0. The number of aromatic nitrogens is 2. The van der Waals surface area contributed by atoms with E-state index in [1.165, 1.54) is 0 Å². The quantitative estimate of drug-likeness (QED) is 0.750. The molecule has 3 N–H and O–H groups in total. The maximum Gasteiger partial charge on any atom is 0.347 e. The SMILES string of the molecule is Nc1nc(=O)[nH]c2cccc(Sc3ccccc3)c12. The Balaban J connectivity index is 2.17. The first-order valence-electron chi connectivity index (χ1n) is 5.75. The summed E-state index contributed by atoms with van der Waals surface area (Å²) in [7, 11) is 0. The molecule has 0 atom stereocenters. The predicted octanol–water partition coefficient (Wildman–Crippen LogP) is 2.66. The molecule has 4 nitrogen and oxygen atoms in total. The lowest BCUT2D eigenvalue weighted by Crippen LogP contribution is -2.12. The fourth-order valence-electron chi connectivity index (χ4n) is 1.91. The number of H-pyrrole nitrogens is 1. The summed E-state index contributed by atoms with van der Waals surface area (Å²) in [5.41, 5.74) is 6.15. The Morgan fingerprint density at radius 1 is 1.05 bits per heavy atom. The summed E-state index contributed by atoms with van der Waals surface area (Å²) in [5.74, 6) is 0.262. The summed E-state index contributed by atoms with van der Waals surface area (Å²) in [6.07, 6.45) is 0. The minimum atomic E-state index is -0.424. The van der Waals surface area contributed by atoms with Crippen LogP contribution in [-0.2, 0) is 0 Å². The van der Waals surface area contributed by atoms with Gasteiger partial charge < -0.3 is 10.7 Å². The molecule has 0 saturated carbocycles. The molecule has 0 amide bonds. The molecule has 0 radical (unpaired) electrons. The summed E-state index contributed by atoms with van der Waals surface area (Å²) in [4.78, 5) is 19.9. The van der Waals surface area contributed by atoms with Gasteiger partial charge in [-0.1, -0.05) is 36.0 Å². The van der Waals surface area contributed by atoms with Crippen molar-refractivity contribution in [3.05, 3.63) is 59.0 Å². The first-order chi connectivity index (χ1) is 9.24. The summed E-state index contributed by atoms with van der Waals surface area (Å²) in [6.45, 7) is 0. The Bertz CT molecular complexity index is 784. The van der Waals surface area contributed by atoms with Crippen molar-refractivity contribution < 1.29 is 0 Å². The standard InChI is InChI=1S/C14H11N3OS/c15-13-12-10(16-14(18)17-13)7-4-8-11(12)19-9-5-2-1-3-6-9/h1-8H,(H3,15,16,17,18). The summed E-state index contributed by atoms with van der Waals surface area (Å²) in [6, 6.07) is 15.7. The van der Waals surface area contributed by atoms with Gasteiger partial charge in [-0.05, 0) is 24.3 Å². The third-order valence-corrected chi connectivity index (χ3v) is 3.78. The van der Waals surface area contributed by atoms with Gasteiger partial charge in [0.25, 0.3) is 0 Å². The van der Waals surface area contributed by atoms with Crippen LogP contribution in [0.15, 0.2) is 63.1 Å². The Kier molecular flexibility index (Phi) is 2.97. The van der Waals surface area contributed by atoms with Gasteiger partial charge in [-0.2, -0.15) is 4.98 Å². The maximum absolute atomic E-state index is 11.3. The lowest BCUT2D eigenvalue weighted by atomic mass is 10.2. The zero-order chi connectivity index (χ0) is 13.2. The summed E-state index contributed by atoms with van der Waals surface area (Å²) in [5, 5.41) is 0.788. The van der Waals surface area contributed by atoms with Crippen LogP contribution in [0, 0.1) is 0 Å². The van der Waals surface area contributed by atoms with Crippen LogP contribution < -0.4 is 11.4 Å². The number of hydrogen-bond donors (Lipinski definition) is 2. The molecule has 0 unspecified atom stereocenters. The zero-order valence-corrected chi connectivity index (χ0v) is 10.8. The van der Waals surface area contributed by atoms with Crippen molar-refractivity contribution in [2.24, 2.45) is 0 Å². The number of fused-ring (bicyclic) bond motifs is 1. The average Bonchev–Trinajstić information content (AvgIpc) is 2.39. The molecule has 0 fully saturated rings. The molecule has 94 valence electrons. The molecule has 0 aliphatic heterocycles. The van der Waals surface area contributed by atoms with Crippen LogP contribution in [0.3, 0.4) is 0 Å². The normalized spacial score (nSPS) is 10.7. The van der Waals surface area contributed by atoms with E-state index in [1.54, 1.807) is 11.8 Å². The molecule has 0 saturated heterocycles. The summed E-state index contributed by atoms with van der Waals surface area (Å²) >= 11 is 1.60. The second kappa shape index (κ2) is 4.78. The van der Waals surface area contributed by atoms with Gasteiger partial charge >= 0.3 is 5.69 Å². The lowest BCUT2D eigenvalue weighted by Gasteiger charge is -2.07. The van der Waals surface area contributed by atoms with Gasteiger partial charge in [0.15, 0.2) is 0 Å². The Hall–Kier alpha value is -2.27. The number of benzene rings is 2. The molecule has 0 aliphatic rings. The molecule has 2 aromatic carbocycles. The molecule has 3 aromatic rings. The van der Waals surface area contributed by atoms with Gasteiger partial charge in [0, 0.05) is 9.79 Å². The number of nitrogen functional groups attached to an aromatic ring is 1. The zero-order valence-electron chi connectivity index (χ0n) is 9.96. The molecule has 1 heterocycles. The van der Waals surface area contributed by atoms with Gasteiger partial charge in [-0.3, -0.25) is 0 Å². The Morgan fingerprint density at radius 2 is 1.84 bits per heavy atom. The third-order valence-electron chi connectivity index (χ3n) is 2.72. The number of nitrogens with one attached hydrogen (secondary N) is 1. The van der Waals surface area contributed by atoms with Gasteiger partial charge in [0.05, 0.1) is 10.9 Å². The molecular weight excluding hydrogens is 258 g/mol. The van der Waals surface area contributed by atoms with E-state index in [4.69, 9.17) is 5.73 Å². The van der Waals surface area contributed by atoms with Crippen molar-refractivity contribution in [3.63, 3.8) is 0 Å². The van der Waals surface area contributed by atoms with E-state index in [1.807, 2.05) is 48.5 Å². The molecule has 19 heavy (non-hydrogen) atoms. The smallest absolute Gasteiger partial charge is 0.347 e. The molecular formula is C14H11N3OS. The van der Waals surface area contributed by atoms with Crippen LogP contribution in [0.1, 0.15) is 0 Å². The van der Waals surface area contributed by atoms with Gasteiger partial charge in [-0.15, -0.1) is 0 Å². The number of rotatable bonds is 2. The fraction of sp³-hybridized carbons (Fsp3) is 0. The molecule has 0 spiro atoms. The van der Waals surface area contributed by atoms with E-state index in [0.717, 1.165) is 15.2 Å². The minimum Gasteiger partial charge on any atom is -0.383 e. The first kappa shape index (κ1) is 11.8. The van der Waals surface area contributed by atoms with E-state index in [2.05, 4.69) is 9.97 Å². The van der Waals surface area contributed by atoms with E-state index in [-0.39, 0.29) is 5.82 Å². The Labute approximate surface area is 113 Å². The number of anilines is 1. The number of hydrogen-bond acceptors (Lipinski definition) is 4. The van der Waals surface area contributed by atoms with Gasteiger partial charge in [-0.25, -0.2) is 4.79 Å². The average molecular weight is 269 g/mol. The van der Waals surface area contributed by atoms with Crippen LogP contribution in [-0.4, -0.2) is 9.97 Å². The van der Waals surface area contributed by atoms with Crippen LogP contribution in [0.5, 0.6) is 0 Å². The second-order valence-electron chi connectivity index (χ2n) is 4.02. The Morgan fingerprint density at radius 3 is 2.63 bits per heavy atom. The minimum absolute atomic E-state index is 0.262. The van der Waals surface area contributed by atoms with Crippen LogP contribution in [0.25, 0.3) is 10.9 Å². The van der Waals surface area contributed by atoms with E-state index >= 15 is 0 Å². The second-order valence-corrected chi connectivity index (χ2v) is 5.14. The largest absolute Gasteiger partial charge is 0.383 e. The molecule has 1 aromatic heterocycles. The van der Waals surface area contributed by atoms with Crippen molar-refractivity contribution in [2.75, 3.05) is 5.73 Å². The molecule has 0 bridgehead atoms. The molecule has 0 aliphatic carbocycles. The van der Waals surface area contributed by atoms with E-state index in [9.17, 15) is 4.79 Å². The number of nitrogens with two attached hydrogens (primary N) is 1. The topological polar surface area (TPSA) is 71.8 Å². The van der Waals surface area contributed by atoms with Crippen LogP contribution >= 0.6 is 11.8 Å². The maximum atomic E-state index is 11.3. The highest BCUT2D eigenvalue weighted by atomic mass is 32.2. The van der Waals surface area contributed by atoms with Crippen molar-refractivity contribution in [1.82, 2.24) is 9.97 Å². The monoisotopic (exact) mass is 269 g/mol.